The summed E-state index contributed by atoms with van der Waals surface area (Å²) in [5, 5.41) is 10.8. The van der Waals surface area contributed by atoms with Crippen LogP contribution in [0.5, 0.6) is 17.2 Å². The van der Waals surface area contributed by atoms with Crippen molar-refractivity contribution in [3.63, 3.8) is 0 Å². The summed E-state index contributed by atoms with van der Waals surface area (Å²) >= 11 is 0. The SMILES string of the molecule is CC(C)C(N)[C@H](O)COc1ccc2c(=O)cc(-c3cc(OCc4ccccc4)cc(OCc4ccccc4)c3)oc2c1. The molecule has 216 valence electrons. The van der Waals surface area contributed by atoms with Gasteiger partial charge in [-0.05, 0) is 41.3 Å². The molecule has 0 amide bonds. The Labute approximate surface area is 245 Å². The molecule has 42 heavy (non-hydrogen) atoms. The standard InChI is InChI=1S/C35H35NO6/c1-23(2)35(36)32(38)22-41-27-13-14-30-31(37)19-33(42-34(30)18-27)26-15-28(39-20-24-9-5-3-6-10-24)17-29(16-26)40-21-25-11-7-4-8-12-25/h3-19,23,32,35,38H,20-22,36H2,1-2H3/t32-,35?/m1/s1. The monoisotopic (exact) mass is 565 g/mol. The van der Waals surface area contributed by atoms with E-state index < -0.39 is 12.1 Å². The Morgan fingerprint density at radius 1 is 0.738 bits per heavy atom. The first-order valence-electron chi connectivity index (χ1n) is 14.0. The van der Waals surface area contributed by atoms with Crippen LogP contribution < -0.4 is 25.4 Å². The maximum atomic E-state index is 13.1. The summed E-state index contributed by atoms with van der Waals surface area (Å²) < 4.78 is 24.2. The fraction of sp³-hybridized carbons (Fsp3) is 0.229. The van der Waals surface area contributed by atoms with Gasteiger partial charge in [-0.3, -0.25) is 4.79 Å². The second kappa shape index (κ2) is 13.4. The number of aliphatic hydroxyl groups is 1. The van der Waals surface area contributed by atoms with E-state index in [9.17, 15) is 9.90 Å². The molecule has 2 atom stereocenters. The molecule has 0 aliphatic carbocycles. The smallest absolute Gasteiger partial charge is 0.193 e. The minimum Gasteiger partial charge on any atom is -0.491 e. The third-order valence-corrected chi connectivity index (χ3v) is 7.00. The van der Waals surface area contributed by atoms with Crippen LogP contribution >= 0.6 is 0 Å². The van der Waals surface area contributed by atoms with Crippen molar-refractivity contribution in [1.82, 2.24) is 0 Å². The van der Waals surface area contributed by atoms with E-state index in [1.165, 1.54) is 6.07 Å². The molecule has 7 nitrogen and oxygen atoms in total. The second-order valence-electron chi connectivity index (χ2n) is 10.6. The van der Waals surface area contributed by atoms with E-state index in [-0.39, 0.29) is 18.0 Å². The summed E-state index contributed by atoms with van der Waals surface area (Å²) in [6.07, 6.45) is -0.827. The average Bonchev–Trinajstić information content (AvgIpc) is 3.02. The maximum Gasteiger partial charge on any atom is 0.193 e. The van der Waals surface area contributed by atoms with Crippen molar-refractivity contribution in [2.75, 3.05) is 6.61 Å². The van der Waals surface area contributed by atoms with Crippen molar-refractivity contribution in [3.05, 3.63) is 124 Å². The number of rotatable bonds is 12. The van der Waals surface area contributed by atoms with Gasteiger partial charge in [0, 0.05) is 29.8 Å². The van der Waals surface area contributed by atoms with Crippen LogP contribution in [0.15, 0.2) is 112 Å². The summed E-state index contributed by atoms with van der Waals surface area (Å²) in [5.74, 6) is 2.09. The van der Waals surface area contributed by atoms with E-state index in [4.69, 9.17) is 24.4 Å². The highest BCUT2D eigenvalue weighted by Crippen LogP contribution is 2.32. The molecule has 0 aliphatic rings. The van der Waals surface area contributed by atoms with E-state index in [1.807, 2.05) is 92.7 Å². The molecule has 0 spiro atoms. The summed E-state index contributed by atoms with van der Waals surface area (Å²) in [4.78, 5) is 13.1. The number of ether oxygens (including phenoxy) is 3. The van der Waals surface area contributed by atoms with Gasteiger partial charge in [0.2, 0.25) is 0 Å². The van der Waals surface area contributed by atoms with Gasteiger partial charge in [-0.25, -0.2) is 0 Å². The van der Waals surface area contributed by atoms with Crippen molar-refractivity contribution >= 4 is 11.0 Å². The molecule has 7 heteroatoms. The lowest BCUT2D eigenvalue weighted by molar-refractivity contribution is 0.0715. The lowest BCUT2D eigenvalue weighted by Crippen LogP contribution is -2.42. The maximum absolute atomic E-state index is 13.1. The first kappa shape index (κ1) is 28.9. The molecule has 1 aromatic heterocycles. The Hall–Kier alpha value is -4.59. The molecule has 1 heterocycles. The van der Waals surface area contributed by atoms with Gasteiger partial charge in [0.25, 0.3) is 0 Å². The Morgan fingerprint density at radius 3 is 1.90 bits per heavy atom. The van der Waals surface area contributed by atoms with Crippen LogP contribution in [0.1, 0.15) is 25.0 Å². The molecule has 4 aromatic carbocycles. The van der Waals surface area contributed by atoms with Gasteiger partial charge in [-0.15, -0.1) is 0 Å². The zero-order chi connectivity index (χ0) is 29.5. The van der Waals surface area contributed by atoms with Gasteiger partial charge in [-0.1, -0.05) is 74.5 Å². The molecule has 0 radical (unpaired) electrons. The molecule has 0 saturated heterocycles. The van der Waals surface area contributed by atoms with Crippen LogP contribution in [-0.4, -0.2) is 23.9 Å². The van der Waals surface area contributed by atoms with Crippen molar-refractivity contribution in [2.24, 2.45) is 11.7 Å². The highest BCUT2D eigenvalue weighted by Gasteiger charge is 2.19. The van der Waals surface area contributed by atoms with Gasteiger partial charge in [0.15, 0.2) is 5.43 Å². The summed E-state index contributed by atoms with van der Waals surface area (Å²) in [6, 6.07) is 31.3. The topological polar surface area (TPSA) is 104 Å². The zero-order valence-electron chi connectivity index (χ0n) is 23.7. The largest absolute Gasteiger partial charge is 0.491 e. The Morgan fingerprint density at radius 2 is 1.33 bits per heavy atom. The lowest BCUT2D eigenvalue weighted by atomic mass is 10.0. The lowest BCUT2D eigenvalue weighted by Gasteiger charge is -2.22. The second-order valence-corrected chi connectivity index (χ2v) is 10.6. The van der Waals surface area contributed by atoms with E-state index in [0.29, 0.717) is 52.8 Å². The molecular weight excluding hydrogens is 530 g/mol. The molecule has 1 unspecified atom stereocenters. The molecule has 0 aliphatic heterocycles. The minimum atomic E-state index is -0.827. The fourth-order valence-corrected chi connectivity index (χ4v) is 4.47. The molecule has 0 fully saturated rings. The summed E-state index contributed by atoms with van der Waals surface area (Å²) in [5.41, 5.74) is 8.90. The van der Waals surface area contributed by atoms with Gasteiger partial charge in [0.1, 0.15) is 54.5 Å². The fourth-order valence-electron chi connectivity index (χ4n) is 4.47. The van der Waals surface area contributed by atoms with E-state index in [1.54, 1.807) is 18.2 Å². The Kier molecular flexibility index (Phi) is 9.21. The Balaban J connectivity index is 1.44. The van der Waals surface area contributed by atoms with Crippen molar-refractivity contribution in [2.45, 2.75) is 39.2 Å². The van der Waals surface area contributed by atoms with E-state index >= 15 is 0 Å². The van der Waals surface area contributed by atoms with Crippen molar-refractivity contribution in [1.29, 1.82) is 0 Å². The van der Waals surface area contributed by atoms with Gasteiger partial charge in [0.05, 0.1) is 5.39 Å². The highest BCUT2D eigenvalue weighted by atomic mass is 16.5. The van der Waals surface area contributed by atoms with Crippen LogP contribution in [0, 0.1) is 5.92 Å². The van der Waals surface area contributed by atoms with Crippen LogP contribution in [0.2, 0.25) is 0 Å². The van der Waals surface area contributed by atoms with Crippen molar-refractivity contribution < 1.29 is 23.7 Å². The molecule has 0 saturated carbocycles. The van der Waals surface area contributed by atoms with Gasteiger partial charge in [-0.2, -0.15) is 0 Å². The first-order chi connectivity index (χ1) is 20.4. The van der Waals surface area contributed by atoms with Crippen LogP contribution in [0.4, 0.5) is 0 Å². The minimum absolute atomic E-state index is 0.0255. The normalized spacial score (nSPS) is 12.7. The molecule has 5 aromatic rings. The zero-order valence-corrected chi connectivity index (χ0v) is 23.7. The summed E-state index contributed by atoms with van der Waals surface area (Å²) in [7, 11) is 0. The third-order valence-electron chi connectivity index (χ3n) is 7.00. The van der Waals surface area contributed by atoms with E-state index in [2.05, 4.69) is 0 Å². The number of hydrogen-bond acceptors (Lipinski definition) is 7. The van der Waals surface area contributed by atoms with Crippen molar-refractivity contribution in [3.8, 4) is 28.6 Å². The molecule has 0 bridgehead atoms. The molecular formula is C35H35NO6. The quantitative estimate of drug-likeness (QED) is 0.182. The number of fused-ring (bicyclic) bond motifs is 1. The first-order valence-corrected chi connectivity index (χ1v) is 14.0. The van der Waals surface area contributed by atoms with Crippen LogP contribution in [-0.2, 0) is 13.2 Å². The predicted octanol–water partition coefficient (Wildman–Crippen LogP) is 6.34. The van der Waals surface area contributed by atoms with Gasteiger partial charge < -0.3 is 29.5 Å². The van der Waals surface area contributed by atoms with E-state index in [0.717, 1.165) is 11.1 Å². The Bertz CT molecular complexity index is 1600. The average molecular weight is 566 g/mol. The molecule has 3 N–H and O–H groups in total. The molecule has 5 rings (SSSR count). The van der Waals surface area contributed by atoms with Gasteiger partial charge >= 0.3 is 0 Å². The number of nitrogens with two attached hydrogens (primary N) is 1. The number of aliphatic hydroxyl groups excluding tert-OH is 1. The van der Waals surface area contributed by atoms with Crippen LogP contribution in [0.3, 0.4) is 0 Å². The predicted molar refractivity (Wildman–Crippen MR) is 164 cm³/mol. The highest BCUT2D eigenvalue weighted by molar-refractivity contribution is 5.80. The third kappa shape index (κ3) is 7.37. The number of benzene rings is 4. The number of hydrogen-bond donors (Lipinski definition) is 2. The van der Waals surface area contributed by atoms with Crippen LogP contribution in [0.25, 0.3) is 22.3 Å². The summed E-state index contributed by atoms with van der Waals surface area (Å²) in [6.45, 7) is 4.66.